The lowest BCUT2D eigenvalue weighted by molar-refractivity contribution is 0.0988. The van der Waals surface area contributed by atoms with Gasteiger partial charge in [0.1, 0.15) is 12.2 Å². The summed E-state index contributed by atoms with van der Waals surface area (Å²) in [6.07, 6.45) is 1.48. The monoisotopic (exact) mass is 361 g/mol. The van der Waals surface area contributed by atoms with Gasteiger partial charge in [-0.15, -0.1) is 0 Å². The Balaban J connectivity index is 1.69. The molecule has 3 rings (SSSR count). The Morgan fingerprint density at radius 1 is 1.07 bits per heavy atom. The van der Waals surface area contributed by atoms with E-state index in [4.69, 9.17) is 0 Å². The number of aromatic nitrogens is 3. The molecule has 1 heterocycles. The third-order valence-electron chi connectivity index (χ3n) is 4.22. The van der Waals surface area contributed by atoms with Crippen LogP contribution in [0.2, 0.25) is 0 Å². The van der Waals surface area contributed by atoms with Crippen LogP contribution in [0.3, 0.4) is 0 Å². The maximum Gasteiger partial charge on any atom is 0.258 e. The second-order valence-electron chi connectivity index (χ2n) is 6.30. The molecule has 138 valence electrons. The highest BCUT2D eigenvalue weighted by Crippen LogP contribution is 2.19. The highest BCUT2D eigenvalue weighted by atomic mass is 16.2. The van der Waals surface area contributed by atoms with Crippen molar-refractivity contribution in [2.75, 3.05) is 16.8 Å². The van der Waals surface area contributed by atoms with Crippen LogP contribution in [0.25, 0.3) is 0 Å². The van der Waals surface area contributed by atoms with E-state index in [9.17, 15) is 4.79 Å². The number of hydrogen-bond acceptors (Lipinski definition) is 5. The summed E-state index contributed by atoms with van der Waals surface area (Å²) in [5.74, 6) is 1.21. The molecule has 1 aromatic heterocycles. The van der Waals surface area contributed by atoms with Crippen molar-refractivity contribution in [3.63, 3.8) is 0 Å². The summed E-state index contributed by atoms with van der Waals surface area (Å²) >= 11 is 0. The Morgan fingerprint density at radius 2 is 1.85 bits per heavy atom. The molecule has 0 bridgehead atoms. The SMILES string of the molecule is CCN(C(=O)c1ccc(CNc2ncnc(C)n2)cc1)c1cccc(C)c1. The summed E-state index contributed by atoms with van der Waals surface area (Å²) in [5.41, 5.74) is 3.76. The number of anilines is 2. The molecule has 27 heavy (non-hydrogen) atoms. The molecule has 3 aromatic rings. The molecule has 0 spiro atoms. The number of benzene rings is 2. The maximum atomic E-state index is 12.9. The van der Waals surface area contributed by atoms with Gasteiger partial charge in [-0.2, -0.15) is 4.98 Å². The van der Waals surface area contributed by atoms with Gasteiger partial charge in [0.2, 0.25) is 5.95 Å². The van der Waals surface area contributed by atoms with Gasteiger partial charge in [-0.3, -0.25) is 4.79 Å². The van der Waals surface area contributed by atoms with Crippen LogP contribution in [0.1, 0.15) is 34.2 Å². The highest BCUT2D eigenvalue weighted by molar-refractivity contribution is 6.06. The first-order chi connectivity index (χ1) is 13.1. The average molecular weight is 361 g/mol. The van der Waals surface area contributed by atoms with Crippen LogP contribution < -0.4 is 10.2 Å². The van der Waals surface area contributed by atoms with E-state index in [1.807, 2.05) is 69.3 Å². The molecule has 0 radical (unpaired) electrons. The van der Waals surface area contributed by atoms with Gasteiger partial charge in [-0.1, -0.05) is 24.3 Å². The predicted molar refractivity (Wildman–Crippen MR) is 107 cm³/mol. The Bertz CT molecular complexity index is 924. The van der Waals surface area contributed by atoms with E-state index in [0.717, 1.165) is 16.8 Å². The van der Waals surface area contributed by atoms with Crippen molar-refractivity contribution in [1.82, 2.24) is 15.0 Å². The minimum atomic E-state index is -0.00398. The Hall–Kier alpha value is -3.28. The van der Waals surface area contributed by atoms with Crippen LogP contribution in [0, 0.1) is 13.8 Å². The molecule has 0 saturated heterocycles. The van der Waals surface area contributed by atoms with Crippen molar-refractivity contribution in [3.8, 4) is 0 Å². The molecular weight excluding hydrogens is 338 g/mol. The van der Waals surface area contributed by atoms with E-state index in [1.165, 1.54) is 6.33 Å². The normalized spacial score (nSPS) is 10.5. The summed E-state index contributed by atoms with van der Waals surface area (Å²) in [7, 11) is 0. The van der Waals surface area contributed by atoms with Gasteiger partial charge in [-0.25, -0.2) is 9.97 Å². The molecule has 0 atom stereocenters. The standard InChI is InChI=1S/C21H23N5O/c1-4-26(19-7-5-6-15(2)12-19)20(27)18-10-8-17(9-11-18)13-22-21-24-14-23-16(3)25-21/h5-12,14H,4,13H2,1-3H3,(H,22,23,24,25). The lowest BCUT2D eigenvalue weighted by atomic mass is 10.1. The molecule has 0 aliphatic heterocycles. The van der Waals surface area contributed by atoms with Gasteiger partial charge < -0.3 is 10.2 Å². The molecule has 2 aromatic carbocycles. The smallest absolute Gasteiger partial charge is 0.258 e. The lowest BCUT2D eigenvalue weighted by Crippen LogP contribution is -2.30. The van der Waals surface area contributed by atoms with Crippen LogP contribution in [-0.4, -0.2) is 27.4 Å². The average Bonchev–Trinajstić information content (AvgIpc) is 2.67. The number of nitrogens with one attached hydrogen (secondary N) is 1. The van der Waals surface area contributed by atoms with Crippen LogP contribution >= 0.6 is 0 Å². The fraction of sp³-hybridized carbons (Fsp3) is 0.238. The van der Waals surface area contributed by atoms with Crippen molar-refractivity contribution in [1.29, 1.82) is 0 Å². The van der Waals surface area contributed by atoms with Crippen molar-refractivity contribution in [3.05, 3.63) is 77.4 Å². The first kappa shape index (κ1) is 18.5. The lowest BCUT2D eigenvalue weighted by Gasteiger charge is -2.21. The zero-order valence-electron chi connectivity index (χ0n) is 15.8. The topological polar surface area (TPSA) is 71.0 Å². The summed E-state index contributed by atoms with van der Waals surface area (Å²) < 4.78 is 0. The number of carbonyl (C=O) groups excluding carboxylic acids is 1. The van der Waals surface area contributed by atoms with Gasteiger partial charge in [0.15, 0.2) is 0 Å². The molecule has 1 amide bonds. The van der Waals surface area contributed by atoms with Gasteiger partial charge in [0, 0.05) is 24.3 Å². The van der Waals surface area contributed by atoms with E-state index in [2.05, 4.69) is 20.3 Å². The highest BCUT2D eigenvalue weighted by Gasteiger charge is 2.16. The third-order valence-corrected chi connectivity index (χ3v) is 4.22. The second kappa shape index (κ2) is 8.40. The largest absolute Gasteiger partial charge is 0.350 e. The number of rotatable bonds is 6. The molecule has 0 saturated carbocycles. The molecule has 6 nitrogen and oxygen atoms in total. The van der Waals surface area contributed by atoms with Crippen molar-refractivity contribution in [2.45, 2.75) is 27.3 Å². The maximum absolute atomic E-state index is 12.9. The van der Waals surface area contributed by atoms with Crippen molar-refractivity contribution < 1.29 is 4.79 Å². The fourth-order valence-electron chi connectivity index (χ4n) is 2.80. The molecule has 0 aliphatic rings. The summed E-state index contributed by atoms with van der Waals surface area (Å²) in [5, 5.41) is 3.16. The second-order valence-corrected chi connectivity index (χ2v) is 6.30. The zero-order chi connectivity index (χ0) is 19.2. The molecule has 0 unspecified atom stereocenters. The minimum Gasteiger partial charge on any atom is -0.350 e. The predicted octanol–water partition coefficient (Wildman–Crippen LogP) is 3.77. The van der Waals surface area contributed by atoms with E-state index >= 15 is 0 Å². The quantitative estimate of drug-likeness (QED) is 0.724. The van der Waals surface area contributed by atoms with Gasteiger partial charge >= 0.3 is 0 Å². The number of carbonyl (C=O) groups is 1. The van der Waals surface area contributed by atoms with E-state index in [-0.39, 0.29) is 5.91 Å². The number of amides is 1. The molecule has 0 aliphatic carbocycles. The fourth-order valence-corrected chi connectivity index (χ4v) is 2.80. The molecule has 0 fully saturated rings. The summed E-state index contributed by atoms with van der Waals surface area (Å²) in [6, 6.07) is 15.6. The molecule has 1 N–H and O–H groups in total. The van der Waals surface area contributed by atoms with Crippen LogP contribution in [0.5, 0.6) is 0 Å². The Labute approximate surface area is 159 Å². The summed E-state index contributed by atoms with van der Waals surface area (Å²) in [6.45, 7) is 7.02. The van der Waals surface area contributed by atoms with E-state index in [1.54, 1.807) is 4.90 Å². The number of hydrogen-bond donors (Lipinski definition) is 1. The van der Waals surface area contributed by atoms with Crippen LogP contribution in [0.4, 0.5) is 11.6 Å². The molecular formula is C21H23N5O. The Morgan fingerprint density at radius 3 is 2.52 bits per heavy atom. The van der Waals surface area contributed by atoms with E-state index in [0.29, 0.717) is 30.4 Å². The van der Waals surface area contributed by atoms with Gasteiger partial charge in [0.05, 0.1) is 0 Å². The summed E-state index contributed by atoms with van der Waals surface area (Å²) in [4.78, 5) is 27.0. The van der Waals surface area contributed by atoms with E-state index < -0.39 is 0 Å². The zero-order valence-corrected chi connectivity index (χ0v) is 15.8. The van der Waals surface area contributed by atoms with Crippen LogP contribution in [-0.2, 0) is 6.54 Å². The first-order valence-corrected chi connectivity index (χ1v) is 8.94. The number of aryl methyl sites for hydroxylation is 2. The van der Waals surface area contributed by atoms with Gasteiger partial charge in [0.25, 0.3) is 5.91 Å². The number of nitrogens with zero attached hydrogens (tertiary/aromatic N) is 4. The van der Waals surface area contributed by atoms with Crippen molar-refractivity contribution in [2.24, 2.45) is 0 Å². The minimum absolute atomic E-state index is 0.00398. The first-order valence-electron chi connectivity index (χ1n) is 8.94. The molecule has 6 heteroatoms. The van der Waals surface area contributed by atoms with Crippen LogP contribution in [0.15, 0.2) is 54.9 Å². The van der Waals surface area contributed by atoms with Crippen molar-refractivity contribution >= 4 is 17.5 Å². The Kier molecular flexibility index (Phi) is 5.76. The third kappa shape index (κ3) is 4.67. The van der Waals surface area contributed by atoms with Gasteiger partial charge in [-0.05, 0) is 56.2 Å².